The summed E-state index contributed by atoms with van der Waals surface area (Å²) in [5.74, 6) is -0.842. The van der Waals surface area contributed by atoms with Gasteiger partial charge in [-0.2, -0.15) is 0 Å². The van der Waals surface area contributed by atoms with Crippen LogP contribution in [0.1, 0.15) is 60.5 Å². The van der Waals surface area contributed by atoms with E-state index in [9.17, 15) is 14.7 Å². The van der Waals surface area contributed by atoms with Crippen molar-refractivity contribution in [3.05, 3.63) is 131 Å². The van der Waals surface area contributed by atoms with Gasteiger partial charge in [-0.25, -0.2) is 0 Å². The second-order valence-electron chi connectivity index (χ2n) is 11.8. The van der Waals surface area contributed by atoms with Gasteiger partial charge in [0, 0.05) is 38.5 Å². The summed E-state index contributed by atoms with van der Waals surface area (Å²) in [4.78, 5) is 25.8. The highest BCUT2D eigenvalue weighted by atomic mass is 16.7. The second-order valence-corrected chi connectivity index (χ2v) is 11.8. The van der Waals surface area contributed by atoms with Gasteiger partial charge in [0.1, 0.15) is 0 Å². The Morgan fingerprint density at radius 1 is 0.870 bits per heavy atom. The Hall–Kier alpha value is -4.34. The fourth-order valence-electron chi connectivity index (χ4n) is 5.70. The van der Waals surface area contributed by atoms with E-state index in [2.05, 4.69) is 47.6 Å². The zero-order valence-electron chi connectivity index (χ0n) is 26.6. The van der Waals surface area contributed by atoms with E-state index in [1.54, 1.807) is 6.92 Å². The number of ether oxygens (including phenoxy) is 3. The van der Waals surface area contributed by atoms with Crippen LogP contribution in [0, 0.1) is 0 Å². The summed E-state index contributed by atoms with van der Waals surface area (Å²) in [5, 5.41) is 12.4. The van der Waals surface area contributed by atoms with Crippen LogP contribution in [0.2, 0.25) is 0 Å². The van der Waals surface area contributed by atoms with Crippen LogP contribution in [0.25, 0.3) is 11.1 Å². The number of hydrogen-bond donors (Lipinski definition) is 2. The normalized spacial score (nSPS) is 18.6. The molecule has 0 aromatic heterocycles. The summed E-state index contributed by atoms with van der Waals surface area (Å²) in [6, 6.07) is 34.5. The Balaban J connectivity index is 1.33. The van der Waals surface area contributed by atoms with Gasteiger partial charge in [0.15, 0.2) is 12.4 Å². The first kappa shape index (κ1) is 33.0. The maximum atomic E-state index is 12.3. The van der Waals surface area contributed by atoms with Crippen LogP contribution in [0.4, 0.5) is 0 Å². The third-order valence-electron chi connectivity index (χ3n) is 8.02. The zero-order chi connectivity index (χ0) is 32.5. The van der Waals surface area contributed by atoms with E-state index >= 15 is 0 Å². The molecular weight excluding hydrogens is 580 g/mol. The van der Waals surface area contributed by atoms with Crippen LogP contribution in [0.5, 0.6) is 0 Å². The fraction of sp³-hybridized carbons (Fsp3) is 0.316. The average molecular weight is 623 g/mol. The van der Waals surface area contributed by atoms with E-state index in [0.717, 1.165) is 46.5 Å². The highest BCUT2D eigenvalue weighted by Crippen LogP contribution is 2.39. The SMILES string of the molecule is CC(=O)OC(C)C(=O)NCc1cccc(-c2cccc(C3OC(CN(C)Cc4ccccc4)CC(c4ccc(CO)cc4)O3)c2)c1. The van der Waals surface area contributed by atoms with Gasteiger partial charge in [0.2, 0.25) is 0 Å². The quantitative estimate of drug-likeness (QED) is 0.185. The van der Waals surface area contributed by atoms with Crippen molar-refractivity contribution in [2.75, 3.05) is 13.6 Å². The molecule has 1 aliphatic heterocycles. The first-order valence-electron chi connectivity index (χ1n) is 15.6. The number of benzene rings is 4. The van der Waals surface area contributed by atoms with Crippen LogP contribution >= 0.6 is 0 Å². The summed E-state index contributed by atoms with van der Waals surface area (Å²) in [6.07, 6.45) is -0.966. The van der Waals surface area contributed by atoms with Gasteiger partial charge in [-0.1, -0.05) is 91.0 Å². The van der Waals surface area contributed by atoms with E-state index in [-0.39, 0.29) is 24.7 Å². The van der Waals surface area contributed by atoms with Crippen molar-refractivity contribution in [3.63, 3.8) is 0 Å². The lowest BCUT2D eigenvalue weighted by atomic mass is 9.98. The largest absolute Gasteiger partial charge is 0.453 e. The molecular formula is C38H42N2O6. The molecule has 8 nitrogen and oxygen atoms in total. The van der Waals surface area contributed by atoms with Crippen molar-refractivity contribution in [1.82, 2.24) is 10.2 Å². The predicted octanol–water partition coefficient (Wildman–Crippen LogP) is 6.09. The highest BCUT2D eigenvalue weighted by Gasteiger charge is 2.33. The van der Waals surface area contributed by atoms with Crippen LogP contribution in [0.3, 0.4) is 0 Å². The number of rotatable bonds is 12. The van der Waals surface area contributed by atoms with E-state index in [1.807, 2.05) is 72.8 Å². The van der Waals surface area contributed by atoms with Crippen LogP contribution in [0.15, 0.2) is 103 Å². The van der Waals surface area contributed by atoms with Crippen molar-refractivity contribution in [1.29, 1.82) is 0 Å². The molecule has 1 saturated heterocycles. The number of amides is 1. The molecule has 1 aliphatic rings. The number of carbonyl (C=O) groups is 2. The average Bonchev–Trinajstić information content (AvgIpc) is 3.07. The lowest BCUT2D eigenvalue weighted by molar-refractivity contribution is -0.252. The molecule has 0 spiro atoms. The Labute approximate surface area is 270 Å². The standard InChI is InChI=1S/C38H42N2O6/c1-26(44-27(2)42)37(43)39-22-30-11-7-12-32(19-30)33-13-8-14-34(20-33)38-45-35(24-40(3)23-28-9-5-4-6-10-28)21-36(46-38)31-17-15-29(25-41)16-18-31/h4-20,26,35-36,38,41H,21-25H2,1-3H3,(H,39,43). The summed E-state index contributed by atoms with van der Waals surface area (Å²) in [7, 11) is 2.11. The molecule has 46 heavy (non-hydrogen) atoms. The summed E-state index contributed by atoms with van der Waals surface area (Å²) >= 11 is 0. The first-order chi connectivity index (χ1) is 22.3. The zero-order valence-corrected chi connectivity index (χ0v) is 26.6. The maximum Gasteiger partial charge on any atom is 0.303 e. The maximum absolute atomic E-state index is 12.3. The van der Waals surface area contributed by atoms with Crippen molar-refractivity contribution >= 4 is 11.9 Å². The highest BCUT2D eigenvalue weighted by molar-refractivity contribution is 5.82. The molecule has 4 aromatic rings. The topological polar surface area (TPSA) is 97.3 Å². The molecule has 0 radical (unpaired) electrons. The number of aliphatic hydroxyl groups is 1. The first-order valence-corrected chi connectivity index (χ1v) is 15.6. The number of aliphatic hydroxyl groups excluding tert-OH is 1. The molecule has 0 aliphatic carbocycles. The monoisotopic (exact) mass is 622 g/mol. The van der Waals surface area contributed by atoms with Gasteiger partial charge >= 0.3 is 5.97 Å². The van der Waals surface area contributed by atoms with Gasteiger partial charge in [-0.05, 0) is 59.5 Å². The predicted molar refractivity (Wildman–Crippen MR) is 176 cm³/mol. The minimum Gasteiger partial charge on any atom is -0.453 e. The molecule has 1 amide bonds. The summed E-state index contributed by atoms with van der Waals surface area (Å²) in [5.41, 5.74) is 6.99. The smallest absolute Gasteiger partial charge is 0.303 e. The lowest BCUT2D eigenvalue weighted by Crippen LogP contribution is -2.37. The number of esters is 1. The van der Waals surface area contributed by atoms with E-state index < -0.39 is 18.4 Å². The molecule has 240 valence electrons. The van der Waals surface area contributed by atoms with Crippen LogP contribution < -0.4 is 5.32 Å². The van der Waals surface area contributed by atoms with Gasteiger partial charge < -0.3 is 24.6 Å². The van der Waals surface area contributed by atoms with Crippen LogP contribution in [-0.4, -0.2) is 47.7 Å². The number of hydrogen-bond acceptors (Lipinski definition) is 7. The number of nitrogens with one attached hydrogen (secondary N) is 1. The van der Waals surface area contributed by atoms with Crippen molar-refractivity contribution in [2.45, 2.75) is 64.6 Å². The molecule has 1 fully saturated rings. The van der Waals surface area contributed by atoms with Gasteiger partial charge in [-0.3, -0.25) is 14.5 Å². The minimum absolute atomic E-state index is 0.00177. The van der Waals surface area contributed by atoms with Crippen molar-refractivity contribution < 1.29 is 28.9 Å². The lowest BCUT2D eigenvalue weighted by Gasteiger charge is -2.38. The number of likely N-dealkylation sites (N-methyl/N-ethyl adjacent to an activating group) is 1. The molecule has 4 aromatic carbocycles. The van der Waals surface area contributed by atoms with Crippen molar-refractivity contribution in [3.8, 4) is 11.1 Å². The minimum atomic E-state index is -0.855. The number of nitrogens with zero attached hydrogens (tertiary/aromatic N) is 1. The third kappa shape index (κ3) is 9.11. The molecule has 5 rings (SSSR count). The van der Waals surface area contributed by atoms with Crippen molar-refractivity contribution in [2.24, 2.45) is 0 Å². The Bertz CT molecular complexity index is 1590. The van der Waals surface area contributed by atoms with Gasteiger partial charge in [-0.15, -0.1) is 0 Å². The molecule has 8 heteroatoms. The Morgan fingerprint density at radius 2 is 1.57 bits per heavy atom. The van der Waals surface area contributed by atoms with E-state index in [0.29, 0.717) is 13.0 Å². The molecule has 0 saturated carbocycles. The number of carbonyl (C=O) groups excluding carboxylic acids is 2. The Kier molecular flexibility index (Phi) is 11.3. The van der Waals surface area contributed by atoms with E-state index in [1.165, 1.54) is 12.5 Å². The van der Waals surface area contributed by atoms with Gasteiger partial charge in [0.25, 0.3) is 5.91 Å². The summed E-state index contributed by atoms with van der Waals surface area (Å²) < 4.78 is 18.2. The fourth-order valence-corrected chi connectivity index (χ4v) is 5.70. The third-order valence-corrected chi connectivity index (χ3v) is 8.02. The second kappa shape index (κ2) is 15.8. The molecule has 4 unspecified atom stereocenters. The van der Waals surface area contributed by atoms with Crippen LogP contribution in [-0.2, 0) is 43.5 Å². The Morgan fingerprint density at radius 3 is 2.28 bits per heavy atom. The molecule has 2 N–H and O–H groups in total. The molecule has 1 heterocycles. The van der Waals surface area contributed by atoms with E-state index in [4.69, 9.17) is 14.2 Å². The molecule has 4 atom stereocenters. The van der Waals surface area contributed by atoms with Gasteiger partial charge in [0.05, 0.1) is 18.8 Å². The summed E-state index contributed by atoms with van der Waals surface area (Å²) in [6.45, 7) is 4.69. The molecule has 0 bridgehead atoms.